The van der Waals surface area contributed by atoms with Gasteiger partial charge in [-0.05, 0) is 35.6 Å². The molecule has 0 fully saturated rings. The lowest BCUT2D eigenvalue weighted by molar-refractivity contribution is 0.173. The third kappa shape index (κ3) is 5.87. The van der Waals surface area contributed by atoms with Crippen LogP contribution < -0.4 is 10.6 Å². The van der Waals surface area contributed by atoms with Crippen molar-refractivity contribution in [3.8, 4) is 0 Å². The predicted octanol–water partition coefficient (Wildman–Crippen LogP) is 3.87. The molecule has 2 aromatic carbocycles. The van der Waals surface area contributed by atoms with Gasteiger partial charge in [-0.2, -0.15) is 0 Å². The summed E-state index contributed by atoms with van der Waals surface area (Å²) in [5.74, 6) is 0.381. The van der Waals surface area contributed by atoms with Gasteiger partial charge in [-0.3, -0.25) is 0 Å². The highest BCUT2D eigenvalue weighted by Gasteiger charge is 2.10. The molecule has 0 aromatic heterocycles. The molecular formula is C19H23ClN2O2. The third-order valence-corrected chi connectivity index (χ3v) is 4.19. The molecule has 2 atom stereocenters. The Morgan fingerprint density at radius 3 is 2.38 bits per heavy atom. The number of carbonyl (C=O) groups excluding carboxylic acids is 1. The number of carbonyl (C=O) groups is 1. The van der Waals surface area contributed by atoms with Crippen LogP contribution in [0.2, 0.25) is 5.02 Å². The SMILES string of the molecule is CC(CCNC(=O)NCC(O)c1ccc(Cl)cc1)c1ccccc1. The van der Waals surface area contributed by atoms with Gasteiger partial charge in [0.25, 0.3) is 0 Å². The van der Waals surface area contributed by atoms with Gasteiger partial charge in [0.05, 0.1) is 6.10 Å². The maximum Gasteiger partial charge on any atom is 0.314 e. The molecule has 0 spiro atoms. The van der Waals surface area contributed by atoms with Crippen molar-refractivity contribution in [3.05, 3.63) is 70.7 Å². The van der Waals surface area contributed by atoms with Crippen LogP contribution in [0.1, 0.15) is 36.5 Å². The van der Waals surface area contributed by atoms with E-state index in [-0.39, 0.29) is 12.6 Å². The Labute approximate surface area is 147 Å². The minimum absolute atomic E-state index is 0.154. The maximum absolute atomic E-state index is 11.8. The molecule has 0 aliphatic heterocycles. The van der Waals surface area contributed by atoms with Crippen LogP contribution in [-0.4, -0.2) is 24.2 Å². The van der Waals surface area contributed by atoms with Crippen molar-refractivity contribution in [1.82, 2.24) is 10.6 Å². The Hall–Kier alpha value is -2.04. The first-order chi connectivity index (χ1) is 11.6. The standard InChI is InChI=1S/C19H23ClN2O2/c1-14(15-5-3-2-4-6-15)11-12-21-19(24)22-13-18(23)16-7-9-17(20)10-8-16/h2-10,14,18,23H,11-13H2,1H3,(H2,21,22,24). The number of rotatable bonds is 7. The number of aliphatic hydroxyl groups excluding tert-OH is 1. The minimum atomic E-state index is -0.753. The number of hydrogen-bond donors (Lipinski definition) is 3. The lowest BCUT2D eigenvalue weighted by atomic mass is 9.98. The average Bonchev–Trinajstić information content (AvgIpc) is 2.61. The summed E-state index contributed by atoms with van der Waals surface area (Å²) in [5.41, 5.74) is 1.98. The molecule has 2 rings (SSSR count). The van der Waals surface area contributed by atoms with E-state index in [1.54, 1.807) is 24.3 Å². The molecule has 0 aliphatic rings. The van der Waals surface area contributed by atoms with E-state index in [1.807, 2.05) is 18.2 Å². The first-order valence-electron chi connectivity index (χ1n) is 8.06. The van der Waals surface area contributed by atoms with Gasteiger partial charge in [0, 0.05) is 18.1 Å². The fraction of sp³-hybridized carbons (Fsp3) is 0.316. The molecule has 0 radical (unpaired) electrons. The molecule has 2 amide bonds. The summed E-state index contributed by atoms with van der Waals surface area (Å²) in [4.78, 5) is 11.8. The molecule has 0 saturated heterocycles. The highest BCUT2D eigenvalue weighted by molar-refractivity contribution is 6.30. The number of nitrogens with one attached hydrogen (secondary N) is 2. The highest BCUT2D eigenvalue weighted by Crippen LogP contribution is 2.17. The maximum atomic E-state index is 11.8. The van der Waals surface area contributed by atoms with Gasteiger partial charge >= 0.3 is 6.03 Å². The number of aliphatic hydroxyl groups is 1. The molecule has 3 N–H and O–H groups in total. The number of halogens is 1. The van der Waals surface area contributed by atoms with E-state index >= 15 is 0 Å². The molecular weight excluding hydrogens is 324 g/mol. The summed E-state index contributed by atoms with van der Waals surface area (Å²) in [6.45, 7) is 2.87. The van der Waals surface area contributed by atoms with Gasteiger partial charge in [0.1, 0.15) is 0 Å². The first kappa shape index (κ1) is 18.3. The second kappa shape index (κ2) is 9.30. The molecule has 24 heavy (non-hydrogen) atoms. The van der Waals surface area contributed by atoms with Gasteiger partial charge in [-0.25, -0.2) is 4.79 Å². The van der Waals surface area contributed by atoms with Gasteiger partial charge in [0.2, 0.25) is 0 Å². The molecule has 2 aromatic rings. The fourth-order valence-electron chi connectivity index (χ4n) is 2.41. The zero-order chi connectivity index (χ0) is 17.4. The van der Waals surface area contributed by atoms with Gasteiger partial charge in [-0.1, -0.05) is 61.0 Å². The molecule has 0 heterocycles. The van der Waals surface area contributed by atoms with Crippen molar-refractivity contribution in [3.63, 3.8) is 0 Å². The van der Waals surface area contributed by atoms with Gasteiger partial charge < -0.3 is 15.7 Å². The van der Waals surface area contributed by atoms with E-state index in [0.717, 1.165) is 12.0 Å². The number of urea groups is 1. The normalized spacial score (nSPS) is 13.1. The van der Waals surface area contributed by atoms with Crippen LogP contribution in [0.25, 0.3) is 0 Å². The van der Waals surface area contributed by atoms with E-state index in [1.165, 1.54) is 5.56 Å². The second-order valence-electron chi connectivity index (χ2n) is 5.80. The number of hydrogen-bond acceptors (Lipinski definition) is 2. The number of benzene rings is 2. The van der Waals surface area contributed by atoms with E-state index in [4.69, 9.17) is 11.6 Å². The van der Waals surface area contributed by atoms with Crippen LogP contribution in [-0.2, 0) is 0 Å². The van der Waals surface area contributed by atoms with Crippen LogP contribution in [0, 0.1) is 0 Å². The highest BCUT2D eigenvalue weighted by atomic mass is 35.5. The van der Waals surface area contributed by atoms with E-state index in [9.17, 15) is 9.90 Å². The lowest BCUT2D eigenvalue weighted by Crippen LogP contribution is -2.38. The summed E-state index contributed by atoms with van der Waals surface area (Å²) in [6, 6.07) is 16.9. The van der Waals surface area contributed by atoms with Crippen LogP contribution >= 0.6 is 11.6 Å². The molecule has 5 heteroatoms. The smallest absolute Gasteiger partial charge is 0.314 e. The van der Waals surface area contributed by atoms with Crippen molar-refractivity contribution in [2.75, 3.05) is 13.1 Å². The third-order valence-electron chi connectivity index (χ3n) is 3.94. The van der Waals surface area contributed by atoms with Crippen LogP contribution in [0.4, 0.5) is 4.79 Å². The summed E-state index contributed by atoms with van der Waals surface area (Å²) in [7, 11) is 0. The van der Waals surface area contributed by atoms with E-state index in [2.05, 4.69) is 29.7 Å². The molecule has 2 unspecified atom stereocenters. The monoisotopic (exact) mass is 346 g/mol. The van der Waals surface area contributed by atoms with Gasteiger partial charge in [-0.15, -0.1) is 0 Å². The zero-order valence-electron chi connectivity index (χ0n) is 13.7. The Bertz CT molecular complexity index is 632. The quantitative estimate of drug-likeness (QED) is 0.712. The molecule has 4 nitrogen and oxygen atoms in total. The largest absolute Gasteiger partial charge is 0.387 e. The first-order valence-corrected chi connectivity index (χ1v) is 8.44. The molecule has 0 bridgehead atoms. The Morgan fingerprint density at radius 2 is 1.71 bits per heavy atom. The summed E-state index contributed by atoms with van der Waals surface area (Å²) in [5, 5.41) is 16.1. The van der Waals surface area contributed by atoms with Crippen molar-refractivity contribution >= 4 is 17.6 Å². The summed E-state index contributed by atoms with van der Waals surface area (Å²) in [6.07, 6.45) is 0.105. The number of amides is 2. The fourth-order valence-corrected chi connectivity index (χ4v) is 2.53. The predicted molar refractivity (Wildman–Crippen MR) is 97.3 cm³/mol. The average molecular weight is 347 g/mol. The van der Waals surface area contributed by atoms with Crippen LogP contribution in [0.5, 0.6) is 0 Å². The van der Waals surface area contributed by atoms with Crippen LogP contribution in [0.15, 0.2) is 54.6 Å². The summed E-state index contributed by atoms with van der Waals surface area (Å²) < 4.78 is 0. The van der Waals surface area contributed by atoms with Crippen molar-refractivity contribution < 1.29 is 9.90 Å². The van der Waals surface area contributed by atoms with E-state index in [0.29, 0.717) is 17.5 Å². The topological polar surface area (TPSA) is 61.4 Å². The molecule has 128 valence electrons. The Morgan fingerprint density at radius 1 is 1.04 bits per heavy atom. The van der Waals surface area contributed by atoms with E-state index < -0.39 is 6.10 Å². The van der Waals surface area contributed by atoms with Crippen molar-refractivity contribution in [2.24, 2.45) is 0 Å². The van der Waals surface area contributed by atoms with Gasteiger partial charge in [0.15, 0.2) is 0 Å². The summed E-state index contributed by atoms with van der Waals surface area (Å²) >= 11 is 5.81. The Balaban J connectivity index is 1.67. The molecule has 0 saturated carbocycles. The zero-order valence-corrected chi connectivity index (χ0v) is 14.5. The Kier molecular flexibility index (Phi) is 7.09. The van der Waals surface area contributed by atoms with Crippen molar-refractivity contribution in [1.29, 1.82) is 0 Å². The minimum Gasteiger partial charge on any atom is -0.387 e. The van der Waals surface area contributed by atoms with Crippen molar-refractivity contribution in [2.45, 2.75) is 25.4 Å². The van der Waals surface area contributed by atoms with Crippen LogP contribution in [0.3, 0.4) is 0 Å². The lowest BCUT2D eigenvalue weighted by Gasteiger charge is -2.15. The second-order valence-corrected chi connectivity index (χ2v) is 6.24. The molecule has 0 aliphatic carbocycles.